The fourth-order valence-electron chi connectivity index (χ4n) is 3.08. The lowest BCUT2D eigenvalue weighted by atomic mass is 10.0. The van der Waals surface area contributed by atoms with Gasteiger partial charge in [-0.25, -0.2) is 4.79 Å². The van der Waals surface area contributed by atoms with Crippen molar-refractivity contribution in [2.24, 2.45) is 0 Å². The summed E-state index contributed by atoms with van der Waals surface area (Å²) in [5.41, 5.74) is 2.44. The highest BCUT2D eigenvalue weighted by Crippen LogP contribution is 2.36. The molecule has 2 heterocycles. The Kier molecular flexibility index (Phi) is 6.55. The van der Waals surface area contributed by atoms with E-state index >= 15 is 0 Å². The molecule has 1 N–H and O–H groups in total. The highest BCUT2D eigenvalue weighted by molar-refractivity contribution is 7.16. The van der Waals surface area contributed by atoms with Crippen LogP contribution >= 0.6 is 22.9 Å². The van der Waals surface area contributed by atoms with Gasteiger partial charge in [0.05, 0.1) is 18.7 Å². The predicted molar refractivity (Wildman–Crippen MR) is 109 cm³/mol. The third kappa shape index (κ3) is 4.64. The number of hydrogen-bond acceptors (Lipinski definition) is 5. The predicted octanol–water partition coefficient (Wildman–Crippen LogP) is 4.36. The zero-order chi connectivity index (χ0) is 20.1. The van der Waals surface area contributed by atoms with Gasteiger partial charge in [0.15, 0.2) is 0 Å². The summed E-state index contributed by atoms with van der Waals surface area (Å²) in [6, 6.07) is 9.58. The van der Waals surface area contributed by atoms with Crippen LogP contribution in [0.1, 0.15) is 34.9 Å². The Morgan fingerprint density at radius 2 is 2.11 bits per heavy atom. The molecule has 0 saturated heterocycles. The normalized spacial score (nSPS) is 12.8. The second kappa shape index (κ2) is 9.09. The van der Waals surface area contributed by atoms with Crippen LogP contribution in [0.3, 0.4) is 0 Å². The van der Waals surface area contributed by atoms with Crippen molar-refractivity contribution in [2.75, 3.05) is 18.5 Å². The van der Waals surface area contributed by atoms with E-state index in [4.69, 9.17) is 16.3 Å². The Hall–Kier alpha value is -2.56. The number of carbonyl (C=O) groups excluding carboxylic acids is 2. The summed E-state index contributed by atoms with van der Waals surface area (Å²) in [7, 11) is 0. The van der Waals surface area contributed by atoms with Crippen LogP contribution < -0.4 is 5.32 Å². The molecule has 0 bridgehead atoms. The number of anilines is 1. The summed E-state index contributed by atoms with van der Waals surface area (Å²) in [6.45, 7) is 2.99. The van der Waals surface area contributed by atoms with Crippen molar-refractivity contribution in [3.63, 3.8) is 0 Å². The zero-order valence-corrected chi connectivity index (χ0v) is 17.0. The molecule has 0 spiro atoms. The molecule has 0 atom stereocenters. The number of nitrogens with zero attached hydrogens (tertiary/aromatic N) is 2. The number of thiophene rings is 1. The molecule has 28 heavy (non-hydrogen) atoms. The monoisotopic (exact) mass is 417 g/mol. The number of hydrogen-bond donors (Lipinski definition) is 1. The third-order valence-corrected chi connectivity index (χ3v) is 5.89. The first-order valence-electron chi connectivity index (χ1n) is 9.02. The first-order valence-corrected chi connectivity index (χ1v) is 10.2. The van der Waals surface area contributed by atoms with Gasteiger partial charge < -0.3 is 15.0 Å². The van der Waals surface area contributed by atoms with Crippen LogP contribution in [0.4, 0.5) is 9.80 Å². The molecule has 0 radical (unpaired) electrons. The van der Waals surface area contributed by atoms with Gasteiger partial charge in [-0.05, 0) is 43.0 Å². The van der Waals surface area contributed by atoms with E-state index in [9.17, 15) is 14.9 Å². The Balaban J connectivity index is 1.66. The summed E-state index contributed by atoms with van der Waals surface area (Å²) in [5, 5.41) is 13.6. The standard InChI is InChI=1S/C20H20ClN3O3S/c1-2-27-20(26)24-10-9-15-16(11-22)19(28-17(15)12-24)23-18(25)8-5-13-3-6-14(21)7-4-13/h3-4,6-7H,2,5,8-10,12H2,1H3,(H,23,25). The number of fused-ring (bicyclic) bond motifs is 1. The van der Waals surface area contributed by atoms with Crippen molar-refractivity contribution >= 4 is 39.9 Å². The van der Waals surface area contributed by atoms with Gasteiger partial charge in [0, 0.05) is 22.9 Å². The average Bonchev–Trinajstić information content (AvgIpc) is 3.03. The van der Waals surface area contributed by atoms with E-state index in [1.807, 2.05) is 12.1 Å². The van der Waals surface area contributed by atoms with Crippen molar-refractivity contribution in [3.8, 4) is 6.07 Å². The largest absolute Gasteiger partial charge is 0.450 e. The quantitative estimate of drug-likeness (QED) is 0.783. The van der Waals surface area contributed by atoms with E-state index in [2.05, 4.69) is 11.4 Å². The van der Waals surface area contributed by atoms with Gasteiger partial charge in [0.25, 0.3) is 0 Å². The molecule has 2 aromatic rings. The number of benzene rings is 1. The number of halogens is 1. The minimum absolute atomic E-state index is 0.146. The highest BCUT2D eigenvalue weighted by atomic mass is 35.5. The van der Waals surface area contributed by atoms with Crippen LogP contribution in [-0.4, -0.2) is 30.1 Å². The van der Waals surface area contributed by atoms with Crippen LogP contribution in [-0.2, 0) is 28.9 Å². The Labute approximate surface area is 172 Å². The van der Waals surface area contributed by atoms with E-state index in [0.29, 0.717) is 54.5 Å². The number of carbonyl (C=O) groups is 2. The van der Waals surface area contributed by atoms with Crippen molar-refractivity contribution < 1.29 is 14.3 Å². The summed E-state index contributed by atoms with van der Waals surface area (Å²) >= 11 is 7.23. The molecule has 0 fully saturated rings. The SMILES string of the molecule is CCOC(=O)N1CCc2c(sc(NC(=O)CCc3ccc(Cl)cc3)c2C#N)C1. The molecule has 1 aliphatic heterocycles. The number of ether oxygens (including phenoxy) is 1. The van der Waals surface area contributed by atoms with Crippen LogP contribution in [0, 0.1) is 11.3 Å². The second-order valence-corrected chi connectivity index (χ2v) is 7.91. The van der Waals surface area contributed by atoms with Gasteiger partial charge in [0.2, 0.25) is 5.91 Å². The molecule has 1 aromatic heterocycles. The molecule has 146 valence electrons. The van der Waals surface area contributed by atoms with Gasteiger partial charge in [-0.1, -0.05) is 23.7 Å². The molecule has 0 aliphatic carbocycles. The fraction of sp³-hybridized carbons (Fsp3) is 0.350. The van der Waals surface area contributed by atoms with Crippen LogP contribution in [0.2, 0.25) is 5.02 Å². The van der Waals surface area contributed by atoms with Crippen LogP contribution in [0.15, 0.2) is 24.3 Å². The zero-order valence-electron chi connectivity index (χ0n) is 15.5. The molecule has 1 aliphatic rings. The molecule has 0 unspecified atom stereocenters. The first-order chi connectivity index (χ1) is 13.5. The summed E-state index contributed by atoms with van der Waals surface area (Å²) in [5.74, 6) is -0.146. The van der Waals surface area contributed by atoms with E-state index < -0.39 is 0 Å². The van der Waals surface area contributed by atoms with Crippen molar-refractivity contribution in [1.82, 2.24) is 4.90 Å². The van der Waals surface area contributed by atoms with E-state index in [1.54, 1.807) is 24.0 Å². The Morgan fingerprint density at radius 1 is 1.36 bits per heavy atom. The Bertz CT molecular complexity index is 918. The number of nitriles is 1. The minimum Gasteiger partial charge on any atom is -0.450 e. The molecule has 3 rings (SSSR count). The smallest absolute Gasteiger partial charge is 0.410 e. The number of amides is 2. The van der Waals surface area contributed by atoms with E-state index in [0.717, 1.165) is 16.0 Å². The fourth-order valence-corrected chi connectivity index (χ4v) is 4.43. The molecule has 6 nitrogen and oxygen atoms in total. The highest BCUT2D eigenvalue weighted by Gasteiger charge is 2.28. The molecular weight excluding hydrogens is 398 g/mol. The average molecular weight is 418 g/mol. The second-order valence-electron chi connectivity index (χ2n) is 6.36. The number of nitrogens with one attached hydrogen (secondary N) is 1. The molecule has 2 amide bonds. The maximum absolute atomic E-state index is 12.4. The van der Waals surface area contributed by atoms with Gasteiger partial charge in [-0.15, -0.1) is 11.3 Å². The summed E-state index contributed by atoms with van der Waals surface area (Å²) in [6.07, 6.45) is 1.12. The van der Waals surface area contributed by atoms with E-state index in [1.165, 1.54) is 11.3 Å². The maximum Gasteiger partial charge on any atom is 0.410 e. The first kappa shape index (κ1) is 20.2. The van der Waals surface area contributed by atoms with Gasteiger partial charge >= 0.3 is 6.09 Å². The van der Waals surface area contributed by atoms with Crippen LogP contribution in [0.25, 0.3) is 0 Å². The number of rotatable bonds is 5. The molecule has 8 heteroatoms. The lowest BCUT2D eigenvalue weighted by Crippen LogP contribution is -2.35. The molecule has 0 saturated carbocycles. The van der Waals surface area contributed by atoms with Gasteiger partial charge in [-0.2, -0.15) is 5.26 Å². The molecular formula is C20H20ClN3O3S. The molecule has 1 aromatic carbocycles. The summed E-state index contributed by atoms with van der Waals surface area (Å²) in [4.78, 5) is 26.9. The Morgan fingerprint density at radius 3 is 2.79 bits per heavy atom. The van der Waals surface area contributed by atoms with Crippen LogP contribution in [0.5, 0.6) is 0 Å². The third-order valence-electron chi connectivity index (χ3n) is 4.50. The summed E-state index contributed by atoms with van der Waals surface area (Å²) < 4.78 is 5.05. The van der Waals surface area contributed by atoms with E-state index in [-0.39, 0.29) is 12.0 Å². The maximum atomic E-state index is 12.4. The van der Waals surface area contributed by atoms with Crippen molar-refractivity contribution in [3.05, 3.63) is 50.9 Å². The topological polar surface area (TPSA) is 82.4 Å². The van der Waals surface area contributed by atoms with Crippen molar-refractivity contribution in [1.29, 1.82) is 5.26 Å². The van der Waals surface area contributed by atoms with Gasteiger partial charge in [-0.3, -0.25) is 4.79 Å². The minimum atomic E-state index is -0.353. The van der Waals surface area contributed by atoms with Gasteiger partial charge in [0.1, 0.15) is 11.1 Å². The number of aryl methyl sites for hydroxylation is 1. The lowest BCUT2D eigenvalue weighted by molar-refractivity contribution is -0.116. The van der Waals surface area contributed by atoms with Crippen molar-refractivity contribution in [2.45, 2.75) is 32.7 Å². The lowest BCUT2D eigenvalue weighted by Gasteiger charge is -2.25.